The minimum atomic E-state index is -4.50. The quantitative estimate of drug-likeness (QED) is 0.151. The Labute approximate surface area is 309 Å². The summed E-state index contributed by atoms with van der Waals surface area (Å²) >= 11 is 0. The molecule has 1 unspecified atom stereocenters. The molecule has 0 fully saturated rings. The van der Waals surface area contributed by atoms with Gasteiger partial charge in [0.25, 0.3) is 5.91 Å². The average Bonchev–Trinajstić information content (AvgIpc) is 3.12. The number of hydrogen-bond donors (Lipinski definition) is 2. The highest BCUT2D eigenvalue weighted by molar-refractivity contribution is 6.02. The summed E-state index contributed by atoms with van der Waals surface area (Å²) in [5.74, 6) is -0.977. The molecule has 3 atom stereocenters. The number of nitrogens with zero attached hydrogens (tertiary/aromatic N) is 3. The second-order valence-corrected chi connectivity index (χ2v) is 13.7. The van der Waals surface area contributed by atoms with Gasteiger partial charge in [0.1, 0.15) is 6.10 Å². The first-order chi connectivity index (χ1) is 25.4. The number of likely N-dealkylation sites (N-methyl/N-ethyl adjacent to an activating group) is 1. The van der Waals surface area contributed by atoms with E-state index in [9.17, 15) is 41.0 Å². The van der Waals surface area contributed by atoms with Gasteiger partial charge in [-0.15, -0.1) is 0 Å². The van der Waals surface area contributed by atoms with Gasteiger partial charge in [-0.2, -0.15) is 26.3 Å². The molecule has 4 aromatic rings. The van der Waals surface area contributed by atoms with E-state index >= 15 is 0 Å². The number of aliphatic hydroxyl groups excluding tert-OH is 1. The first-order valence-electron chi connectivity index (χ1n) is 17.3. The number of anilines is 3. The van der Waals surface area contributed by atoms with Crippen LogP contribution in [0.25, 0.3) is 0 Å². The summed E-state index contributed by atoms with van der Waals surface area (Å²) in [6, 6.07) is 21.1. The molecular weight excluding hydrogens is 714 g/mol. The van der Waals surface area contributed by atoms with Crippen molar-refractivity contribution in [2.45, 2.75) is 51.3 Å². The maximum absolute atomic E-state index is 13.8. The van der Waals surface area contributed by atoms with Crippen LogP contribution in [0.15, 0.2) is 91.0 Å². The minimum Gasteiger partial charge on any atom is -0.486 e. The minimum absolute atomic E-state index is 0.152. The molecule has 288 valence electrons. The molecule has 0 saturated carbocycles. The lowest BCUT2D eigenvalue weighted by molar-refractivity contribution is -0.138. The van der Waals surface area contributed by atoms with Gasteiger partial charge < -0.3 is 25.0 Å². The standard InChI is InChI=1S/C40H42F6N4O4/c1-25-21-50(26(2)24-51)38(53)33-6-5-7-34(47-36(52)20-27-8-12-29(13-9-27)39(41,42)43)37(33)54-35(25)23-48(3)22-28-10-16-31(17-11-28)49(4)32-18-14-30(15-19-32)40(44,45)46/h5-19,25-26,35,51H,20-24H2,1-4H3,(H,47,52)/t25-,26?,35-/m1/s1. The van der Waals surface area contributed by atoms with Crippen molar-refractivity contribution in [2.75, 3.05) is 44.0 Å². The number of para-hydroxylation sites is 1. The third-order valence-electron chi connectivity index (χ3n) is 9.46. The Morgan fingerprint density at radius 1 is 0.870 bits per heavy atom. The maximum atomic E-state index is 13.8. The molecule has 54 heavy (non-hydrogen) atoms. The Kier molecular flexibility index (Phi) is 12.3. The molecule has 2 N–H and O–H groups in total. The number of amides is 2. The Bertz CT molecular complexity index is 1900. The normalized spacial score (nSPS) is 17.0. The number of fused-ring (bicyclic) bond motifs is 1. The molecule has 0 bridgehead atoms. The topological polar surface area (TPSA) is 85.3 Å². The van der Waals surface area contributed by atoms with Crippen LogP contribution in [0.3, 0.4) is 0 Å². The molecule has 1 aliphatic rings. The van der Waals surface area contributed by atoms with Crippen LogP contribution in [-0.4, -0.2) is 72.7 Å². The SMILES string of the molecule is CC(CO)N1C[C@@H](C)[C@@H](CN(C)Cc2ccc(N(C)c3ccc(C(F)(F)F)cc3)cc2)Oc2c(NC(=O)Cc3ccc(C(F)(F)F)cc3)cccc2C1=O. The van der Waals surface area contributed by atoms with Gasteiger partial charge in [-0.1, -0.05) is 37.3 Å². The lowest BCUT2D eigenvalue weighted by Gasteiger charge is -2.38. The van der Waals surface area contributed by atoms with E-state index in [4.69, 9.17) is 4.74 Å². The highest BCUT2D eigenvalue weighted by Gasteiger charge is 2.35. The van der Waals surface area contributed by atoms with E-state index in [2.05, 4.69) is 5.32 Å². The van der Waals surface area contributed by atoms with E-state index in [1.807, 2.05) is 43.1 Å². The molecule has 0 saturated heterocycles. The van der Waals surface area contributed by atoms with E-state index in [0.29, 0.717) is 24.3 Å². The van der Waals surface area contributed by atoms with Crippen LogP contribution in [0.1, 0.15) is 46.5 Å². The number of alkyl halides is 6. The largest absolute Gasteiger partial charge is 0.486 e. The number of ether oxygens (including phenoxy) is 1. The number of rotatable bonds is 11. The summed E-state index contributed by atoms with van der Waals surface area (Å²) in [6.45, 7) is 4.59. The lowest BCUT2D eigenvalue weighted by Crippen LogP contribution is -2.49. The van der Waals surface area contributed by atoms with Crippen molar-refractivity contribution in [3.63, 3.8) is 0 Å². The number of nitrogens with one attached hydrogen (secondary N) is 1. The smallest absolute Gasteiger partial charge is 0.416 e. The van der Waals surface area contributed by atoms with E-state index in [1.54, 1.807) is 42.0 Å². The van der Waals surface area contributed by atoms with Crippen LogP contribution in [0.5, 0.6) is 5.75 Å². The van der Waals surface area contributed by atoms with Gasteiger partial charge in [0.05, 0.1) is 41.4 Å². The second-order valence-electron chi connectivity index (χ2n) is 13.7. The van der Waals surface area contributed by atoms with Crippen molar-refractivity contribution in [2.24, 2.45) is 5.92 Å². The van der Waals surface area contributed by atoms with Gasteiger partial charge in [0.15, 0.2) is 5.75 Å². The molecule has 0 aliphatic carbocycles. The zero-order valence-corrected chi connectivity index (χ0v) is 30.2. The number of benzene rings is 4. The van der Waals surface area contributed by atoms with Crippen LogP contribution in [-0.2, 0) is 30.1 Å². The van der Waals surface area contributed by atoms with E-state index in [-0.39, 0.29) is 48.4 Å². The van der Waals surface area contributed by atoms with Crippen LogP contribution in [0, 0.1) is 5.92 Å². The van der Waals surface area contributed by atoms with Crippen LogP contribution in [0.4, 0.5) is 43.4 Å². The number of aliphatic hydroxyl groups is 1. The number of carbonyl (C=O) groups is 2. The first-order valence-corrected chi connectivity index (χ1v) is 17.3. The lowest BCUT2D eigenvalue weighted by atomic mass is 9.98. The summed E-state index contributed by atoms with van der Waals surface area (Å²) in [5.41, 5.74) is 1.58. The van der Waals surface area contributed by atoms with Crippen molar-refractivity contribution in [1.29, 1.82) is 0 Å². The fraction of sp³-hybridized carbons (Fsp3) is 0.350. The Balaban J connectivity index is 1.32. The fourth-order valence-electron chi connectivity index (χ4n) is 6.28. The summed E-state index contributed by atoms with van der Waals surface area (Å²) in [6.07, 6.45) is -9.63. The summed E-state index contributed by atoms with van der Waals surface area (Å²) in [4.78, 5) is 32.4. The van der Waals surface area contributed by atoms with Crippen molar-refractivity contribution < 1.29 is 45.8 Å². The molecule has 14 heteroatoms. The van der Waals surface area contributed by atoms with Crippen molar-refractivity contribution in [3.8, 4) is 5.75 Å². The van der Waals surface area contributed by atoms with Gasteiger partial charge >= 0.3 is 12.4 Å². The molecule has 0 aromatic heterocycles. The average molecular weight is 757 g/mol. The fourth-order valence-corrected chi connectivity index (χ4v) is 6.28. The Morgan fingerprint density at radius 3 is 1.96 bits per heavy atom. The molecule has 0 spiro atoms. The Hall–Kier alpha value is -5.08. The summed E-state index contributed by atoms with van der Waals surface area (Å²) in [7, 11) is 3.68. The molecule has 1 aliphatic heterocycles. The van der Waals surface area contributed by atoms with Crippen molar-refractivity contribution in [1.82, 2.24) is 9.80 Å². The Morgan fingerprint density at radius 2 is 1.41 bits per heavy atom. The number of halogens is 6. The van der Waals surface area contributed by atoms with E-state index in [1.165, 1.54) is 24.3 Å². The molecule has 5 rings (SSSR count). The molecule has 1 heterocycles. The van der Waals surface area contributed by atoms with Crippen LogP contribution < -0.4 is 15.0 Å². The second kappa shape index (κ2) is 16.5. The van der Waals surface area contributed by atoms with Crippen LogP contribution >= 0.6 is 0 Å². The molecule has 8 nitrogen and oxygen atoms in total. The van der Waals surface area contributed by atoms with Crippen molar-refractivity contribution >= 4 is 28.9 Å². The monoisotopic (exact) mass is 756 g/mol. The highest BCUT2D eigenvalue weighted by Crippen LogP contribution is 2.36. The van der Waals surface area contributed by atoms with Gasteiger partial charge in [-0.3, -0.25) is 14.5 Å². The molecule has 0 radical (unpaired) electrons. The van der Waals surface area contributed by atoms with E-state index in [0.717, 1.165) is 35.5 Å². The molecule has 4 aromatic carbocycles. The third-order valence-corrected chi connectivity index (χ3v) is 9.46. The molecule has 2 amide bonds. The zero-order valence-electron chi connectivity index (χ0n) is 30.2. The van der Waals surface area contributed by atoms with Gasteiger partial charge in [0, 0.05) is 44.0 Å². The summed E-state index contributed by atoms with van der Waals surface area (Å²) < 4.78 is 84.7. The third kappa shape index (κ3) is 9.71. The first kappa shape index (κ1) is 40.1. The van der Waals surface area contributed by atoms with Gasteiger partial charge in [0.2, 0.25) is 5.91 Å². The molecular formula is C40H42F6N4O4. The van der Waals surface area contributed by atoms with Gasteiger partial charge in [-0.05, 0) is 85.8 Å². The predicted molar refractivity (Wildman–Crippen MR) is 194 cm³/mol. The van der Waals surface area contributed by atoms with Crippen molar-refractivity contribution in [3.05, 3.63) is 119 Å². The zero-order chi connectivity index (χ0) is 39.4. The van der Waals surface area contributed by atoms with Gasteiger partial charge in [-0.25, -0.2) is 0 Å². The predicted octanol–water partition coefficient (Wildman–Crippen LogP) is 8.03. The number of carbonyl (C=O) groups excluding carboxylic acids is 2. The summed E-state index contributed by atoms with van der Waals surface area (Å²) in [5, 5.41) is 12.8. The van der Waals surface area contributed by atoms with E-state index < -0.39 is 41.5 Å². The maximum Gasteiger partial charge on any atom is 0.416 e. The number of hydrogen-bond acceptors (Lipinski definition) is 6. The highest BCUT2D eigenvalue weighted by atomic mass is 19.4. The van der Waals surface area contributed by atoms with Crippen LogP contribution in [0.2, 0.25) is 0 Å².